The van der Waals surface area contributed by atoms with Gasteiger partial charge in [-0.05, 0) is 36.2 Å². The molecule has 0 bridgehead atoms. The van der Waals surface area contributed by atoms with E-state index in [1.54, 1.807) is 0 Å². The highest BCUT2D eigenvalue weighted by Gasteiger charge is 2.13. The fourth-order valence-corrected chi connectivity index (χ4v) is 2.48. The summed E-state index contributed by atoms with van der Waals surface area (Å²) in [4.78, 5) is 26.2. The number of anilines is 1. The first-order chi connectivity index (χ1) is 13.0. The summed E-state index contributed by atoms with van der Waals surface area (Å²) in [5.74, 6) is -0.935. The van der Waals surface area contributed by atoms with Crippen LogP contribution in [0.3, 0.4) is 0 Å². The fraction of sp³-hybridized carbons (Fsp3) is 0.105. The van der Waals surface area contributed by atoms with Crippen LogP contribution in [0.2, 0.25) is 0 Å². The Morgan fingerprint density at radius 3 is 2.59 bits per heavy atom. The van der Waals surface area contributed by atoms with Gasteiger partial charge < -0.3 is 5.11 Å². The Labute approximate surface area is 153 Å². The molecule has 0 unspecified atom stereocenters. The summed E-state index contributed by atoms with van der Waals surface area (Å²) in [6, 6.07) is 12.9. The molecule has 138 valence electrons. The zero-order valence-electron chi connectivity index (χ0n) is 14.4. The summed E-state index contributed by atoms with van der Waals surface area (Å²) in [5.41, 5.74) is 3.36. The number of aromatic amines is 1. The number of halogens is 1. The minimum absolute atomic E-state index is 0.0339. The van der Waals surface area contributed by atoms with E-state index in [1.807, 2.05) is 31.2 Å². The van der Waals surface area contributed by atoms with Crippen LogP contribution in [-0.4, -0.2) is 20.9 Å². The number of nitrogens with zero attached hydrogens (tertiary/aromatic N) is 2. The molecule has 1 heterocycles. The monoisotopic (exact) mass is 368 g/mol. The van der Waals surface area contributed by atoms with E-state index in [2.05, 4.69) is 15.5 Å². The minimum atomic E-state index is -0.772. The van der Waals surface area contributed by atoms with E-state index in [0.717, 1.165) is 22.0 Å². The lowest BCUT2D eigenvalue weighted by molar-refractivity contribution is 0.408. The molecule has 0 radical (unpaired) electrons. The van der Waals surface area contributed by atoms with Gasteiger partial charge in [0.15, 0.2) is 0 Å². The van der Waals surface area contributed by atoms with Crippen molar-refractivity contribution >= 4 is 11.9 Å². The van der Waals surface area contributed by atoms with Crippen LogP contribution < -0.4 is 16.7 Å². The highest BCUT2D eigenvalue weighted by atomic mass is 19.1. The van der Waals surface area contributed by atoms with E-state index in [9.17, 15) is 19.1 Å². The first-order valence-electron chi connectivity index (χ1n) is 8.11. The van der Waals surface area contributed by atoms with Crippen LogP contribution >= 0.6 is 0 Å². The molecule has 0 saturated heterocycles. The lowest BCUT2D eigenvalue weighted by Crippen LogP contribution is -2.32. The highest BCUT2D eigenvalue weighted by Crippen LogP contribution is 2.14. The van der Waals surface area contributed by atoms with Gasteiger partial charge in [-0.1, -0.05) is 30.3 Å². The summed E-state index contributed by atoms with van der Waals surface area (Å²) in [7, 11) is 0. The molecule has 3 aromatic rings. The van der Waals surface area contributed by atoms with Crippen LogP contribution in [0, 0.1) is 12.7 Å². The molecule has 8 heteroatoms. The van der Waals surface area contributed by atoms with E-state index in [0.29, 0.717) is 5.56 Å². The molecule has 0 aliphatic rings. The number of aromatic hydroxyl groups is 1. The molecule has 0 spiro atoms. The lowest BCUT2D eigenvalue weighted by atomic mass is 10.2. The molecule has 0 saturated carbocycles. The fourth-order valence-electron chi connectivity index (χ4n) is 2.48. The summed E-state index contributed by atoms with van der Waals surface area (Å²) >= 11 is 0. The number of aryl methyl sites for hydroxylation is 1. The van der Waals surface area contributed by atoms with Gasteiger partial charge in [0.2, 0.25) is 5.88 Å². The normalized spacial score (nSPS) is 11.0. The molecule has 2 aromatic carbocycles. The first-order valence-corrected chi connectivity index (χ1v) is 8.11. The Bertz CT molecular complexity index is 1100. The number of para-hydroxylation sites is 1. The van der Waals surface area contributed by atoms with Crippen molar-refractivity contribution in [3.8, 4) is 5.88 Å². The molecule has 0 amide bonds. The van der Waals surface area contributed by atoms with Gasteiger partial charge in [-0.3, -0.25) is 19.8 Å². The summed E-state index contributed by atoms with van der Waals surface area (Å²) in [5, 5.41) is 14.3. The Balaban J connectivity index is 1.90. The van der Waals surface area contributed by atoms with Crippen molar-refractivity contribution in [2.75, 3.05) is 5.43 Å². The molecule has 0 fully saturated rings. The van der Waals surface area contributed by atoms with E-state index in [4.69, 9.17) is 0 Å². The van der Waals surface area contributed by atoms with Crippen LogP contribution in [0.5, 0.6) is 5.88 Å². The molecule has 1 aromatic heterocycles. The van der Waals surface area contributed by atoms with Crippen molar-refractivity contribution in [3.05, 3.63) is 91.9 Å². The van der Waals surface area contributed by atoms with Crippen molar-refractivity contribution in [3.63, 3.8) is 0 Å². The molecule has 3 rings (SSSR count). The number of hydrogen-bond acceptors (Lipinski definition) is 5. The van der Waals surface area contributed by atoms with Crippen molar-refractivity contribution < 1.29 is 9.50 Å². The highest BCUT2D eigenvalue weighted by molar-refractivity contribution is 5.82. The van der Waals surface area contributed by atoms with Crippen molar-refractivity contribution in [2.45, 2.75) is 13.5 Å². The summed E-state index contributed by atoms with van der Waals surface area (Å²) in [6.45, 7) is 1.86. The molecule has 27 heavy (non-hydrogen) atoms. The number of aromatic nitrogens is 2. The second kappa shape index (κ2) is 7.69. The number of hydrogen-bond donors (Lipinski definition) is 3. The van der Waals surface area contributed by atoms with Crippen LogP contribution in [0.1, 0.15) is 16.7 Å². The number of hydrazone groups is 1. The predicted molar refractivity (Wildman–Crippen MR) is 101 cm³/mol. The van der Waals surface area contributed by atoms with Gasteiger partial charge in [0.25, 0.3) is 5.56 Å². The van der Waals surface area contributed by atoms with E-state index < -0.39 is 22.9 Å². The van der Waals surface area contributed by atoms with Gasteiger partial charge in [-0.2, -0.15) is 5.10 Å². The standard InChI is InChI=1S/C19H17FN4O3/c1-12-4-2-3-5-16(12)23-21-10-15-17(25)22-19(27)24(18(15)26)11-13-6-8-14(20)9-7-13/h2-10,23,26H,11H2,1H3,(H,22,25,27)/b21-10+. The average Bonchev–Trinajstić information content (AvgIpc) is 2.64. The number of rotatable bonds is 5. The maximum Gasteiger partial charge on any atom is 0.331 e. The predicted octanol–water partition coefficient (Wildman–Crippen LogP) is 2.18. The molecule has 0 aliphatic heterocycles. The van der Waals surface area contributed by atoms with E-state index >= 15 is 0 Å². The lowest BCUT2D eigenvalue weighted by Gasteiger charge is -2.10. The number of nitrogens with one attached hydrogen (secondary N) is 2. The molecular formula is C19H17FN4O3. The van der Waals surface area contributed by atoms with Crippen molar-refractivity contribution in [1.82, 2.24) is 9.55 Å². The van der Waals surface area contributed by atoms with Crippen LogP contribution in [0.15, 0.2) is 63.2 Å². The molecular weight excluding hydrogens is 351 g/mol. The minimum Gasteiger partial charge on any atom is -0.494 e. The Morgan fingerprint density at radius 2 is 1.89 bits per heavy atom. The number of benzene rings is 2. The van der Waals surface area contributed by atoms with Crippen LogP contribution in [-0.2, 0) is 6.54 Å². The third kappa shape index (κ3) is 4.12. The third-order valence-electron chi connectivity index (χ3n) is 3.98. The van der Waals surface area contributed by atoms with Gasteiger partial charge in [0.1, 0.15) is 11.4 Å². The molecule has 0 aliphatic carbocycles. The van der Waals surface area contributed by atoms with E-state index in [-0.39, 0.29) is 12.1 Å². The van der Waals surface area contributed by atoms with Gasteiger partial charge in [0.05, 0.1) is 18.4 Å². The smallest absolute Gasteiger partial charge is 0.331 e. The Hall–Kier alpha value is -3.68. The number of H-pyrrole nitrogens is 1. The Kier molecular flexibility index (Phi) is 5.16. The first kappa shape index (κ1) is 18.1. The second-order valence-corrected chi connectivity index (χ2v) is 5.89. The molecule has 0 atom stereocenters. The second-order valence-electron chi connectivity index (χ2n) is 5.89. The van der Waals surface area contributed by atoms with Crippen molar-refractivity contribution in [1.29, 1.82) is 0 Å². The quantitative estimate of drug-likeness (QED) is 0.475. The molecule has 3 N–H and O–H groups in total. The maximum atomic E-state index is 13.0. The van der Waals surface area contributed by atoms with Gasteiger partial charge in [-0.15, -0.1) is 0 Å². The third-order valence-corrected chi connectivity index (χ3v) is 3.98. The SMILES string of the molecule is Cc1ccccc1N/N=C/c1c(O)n(Cc2ccc(F)cc2)c(=O)[nH]c1=O. The van der Waals surface area contributed by atoms with Crippen LogP contribution in [0.25, 0.3) is 0 Å². The largest absolute Gasteiger partial charge is 0.494 e. The molecule has 7 nitrogen and oxygen atoms in total. The summed E-state index contributed by atoms with van der Waals surface area (Å²) in [6.07, 6.45) is 1.14. The van der Waals surface area contributed by atoms with Gasteiger partial charge >= 0.3 is 5.69 Å². The van der Waals surface area contributed by atoms with E-state index in [1.165, 1.54) is 24.3 Å². The maximum absolute atomic E-state index is 13.0. The van der Waals surface area contributed by atoms with Crippen LogP contribution in [0.4, 0.5) is 10.1 Å². The topological polar surface area (TPSA) is 99.5 Å². The Morgan fingerprint density at radius 1 is 1.19 bits per heavy atom. The van der Waals surface area contributed by atoms with Gasteiger partial charge in [0, 0.05) is 0 Å². The zero-order valence-corrected chi connectivity index (χ0v) is 14.4. The average molecular weight is 368 g/mol. The summed E-state index contributed by atoms with van der Waals surface area (Å²) < 4.78 is 14.0. The van der Waals surface area contributed by atoms with Crippen molar-refractivity contribution in [2.24, 2.45) is 5.10 Å². The zero-order chi connectivity index (χ0) is 19.4. The van der Waals surface area contributed by atoms with Gasteiger partial charge in [-0.25, -0.2) is 9.18 Å².